The molecule has 0 saturated carbocycles. The fourth-order valence-electron chi connectivity index (χ4n) is 2.36. The lowest BCUT2D eigenvalue weighted by Crippen LogP contribution is -2.56. The molecule has 1 aromatic rings. The van der Waals surface area contributed by atoms with Crippen LogP contribution in [0.2, 0.25) is 0 Å². The maximum Gasteiger partial charge on any atom is 0.303 e. The molecule has 0 bridgehead atoms. The number of carbonyl (C=O) groups excluding carboxylic acids is 2. The molecule has 4 atom stereocenters. The van der Waals surface area contributed by atoms with Crippen LogP contribution in [0.4, 0.5) is 0 Å². The third kappa shape index (κ3) is 5.02. The van der Waals surface area contributed by atoms with Gasteiger partial charge >= 0.3 is 11.9 Å². The van der Waals surface area contributed by atoms with E-state index in [0.29, 0.717) is 0 Å². The van der Waals surface area contributed by atoms with Gasteiger partial charge in [-0.25, -0.2) is 0 Å². The van der Waals surface area contributed by atoms with E-state index in [9.17, 15) is 14.7 Å². The summed E-state index contributed by atoms with van der Waals surface area (Å²) in [5.74, 6) is -1.10. The van der Waals surface area contributed by atoms with Crippen molar-refractivity contribution in [2.75, 3.05) is 6.61 Å². The number of esters is 2. The first-order valence-corrected chi connectivity index (χ1v) is 7.27. The summed E-state index contributed by atoms with van der Waals surface area (Å²) < 4.78 is 21.1. The van der Waals surface area contributed by atoms with Crippen molar-refractivity contribution in [3.05, 3.63) is 35.9 Å². The first kappa shape index (κ1) is 17.4. The number of carbonyl (C=O) groups is 2. The zero-order chi connectivity index (χ0) is 16.8. The minimum Gasteiger partial charge on any atom is -0.457 e. The van der Waals surface area contributed by atoms with E-state index in [1.54, 1.807) is 0 Å². The Hall–Kier alpha value is -1.96. The average Bonchev–Trinajstić information content (AvgIpc) is 2.50. The van der Waals surface area contributed by atoms with Crippen molar-refractivity contribution in [2.45, 2.75) is 45.1 Å². The lowest BCUT2D eigenvalue weighted by molar-refractivity contribution is -0.273. The van der Waals surface area contributed by atoms with Crippen molar-refractivity contribution in [2.24, 2.45) is 0 Å². The minimum absolute atomic E-state index is 0.0437. The van der Waals surface area contributed by atoms with Crippen LogP contribution >= 0.6 is 0 Å². The molecule has 1 aliphatic rings. The highest BCUT2D eigenvalue weighted by molar-refractivity contribution is 5.67. The predicted molar refractivity (Wildman–Crippen MR) is 78.1 cm³/mol. The van der Waals surface area contributed by atoms with Crippen molar-refractivity contribution >= 4 is 11.9 Å². The highest BCUT2D eigenvalue weighted by Crippen LogP contribution is 2.24. The molecule has 2 rings (SSSR count). The van der Waals surface area contributed by atoms with E-state index in [2.05, 4.69) is 0 Å². The summed E-state index contributed by atoms with van der Waals surface area (Å²) >= 11 is 0. The molecule has 23 heavy (non-hydrogen) atoms. The van der Waals surface area contributed by atoms with Crippen LogP contribution in [0.3, 0.4) is 0 Å². The smallest absolute Gasteiger partial charge is 0.303 e. The van der Waals surface area contributed by atoms with Gasteiger partial charge in [0.2, 0.25) is 0 Å². The molecule has 1 N–H and O–H groups in total. The second-order valence-electron chi connectivity index (χ2n) is 5.21. The number of aliphatic hydroxyl groups is 1. The highest BCUT2D eigenvalue weighted by Gasteiger charge is 2.44. The summed E-state index contributed by atoms with van der Waals surface area (Å²) in [6.07, 6.45) is -4.02. The summed E-state index contributed by atoms with van der Waals surface area (Å²) in [6.45, 7) is 2.66. The molecule has 0 radical (unpaired) electrons. The maximum atomic E-state index is 11.3. The number of benzene rings is 1. The normalized spacial score (nSPS) is 27.3. The molecule has 0 amide bonds. The Morgan fingerprint density at radius 1 is 1.13 bits per heavy atom. The summed E-state index contributed by atoms with van der Waals surface area (Å²) in [6, 6.07) is 9.36. The van der Waals surface area contributed by atoms with E-state index in [-0.39, 0.29) is 13.2 Å². The van der Waals surface area contributed by atoms with E-state index in [1.165, 1.54) is 13.8 Å². The molecule has 1 aromatic carbocycles. The molecule has 0 spiro atoms. The molecule has 126 valence electrons. The van der Waals surface area contributed by atoms with Gasteiger partial charge in [0.15, 0.2) is 18.5 Å². The average molecular weight is 324 g/mol. The Balaban J connectivity index is 2.12. The van der Waals surface area contributed by atoms with Crippen molar-refractivity contribution in [3.63, 3.8) is 0 Å². The van der Waals surface area contributed by atoms with Gasteiger partial charge in [-0.05, 0) is 5.56 Å². The molecule has 0 aliphatic carbocycles. The number of hydrogen-bond acceptors (Lipinski definition) is 7. The van der Waals surface area contributed by atoms with E-state index in [1.807, 2.05) is 30.3 Å². The highest BCUT2D eigenvalue weighted by atomic mass is 16.7. The maximum absolute atomic E-state index is 11.3. The third-order valence-electron chi connectivity index (χ3n) is 3.31. The quantitative estimate of drug-likeness (QED) is 0.800. The van der Waals surface area contributed by atoms with Crippen molar-refractivity contribution in [3.8, 4) is 0 Å². The molecule has 0 aromatic heterocycles. The number of ether oxygens (including phenoxy) is 4. The van der Waals surface area contributed by atoms with Crippen molar-refractivity contribution in [1.29, 1.82) is 0 Å². The summed E-state index contributed by atoms with van der Waals surface area (Å²) in [5.41, 5.74) is 0.900. The largest absolute Gasteiger partial charge is 0.457 e. The zero-order valence-electron chi connectivity index (χ0n) is 13.0. The van der Waals surface area contributed by atoms with E-state index < -0.39 is 36.5 Å². The summed E-state index contributed by atoms with van der Waals surface area (Å²) in [4.78, 5) is 22.5. The van der Waals surface area contributed by atoms with Crippen LogP contribution in [0, 0.1) is 0 Å². The van der Waals surface area contributed by atoms with Crippen LogP contribution in [0.25, 0.3) is 0 Å². The van der Waals surface area contributed by atoms with Crippen LogP contribution in [-0.4, -0.2) is 48.3 Å². The first-order chi connectivity index (χ1) is 11.0. The van der Waals surface area contributed by atoms with Gasteiger partial charge < -0.3 is 24.1 Å². The van der Waals surface area contributed by atoms with Gasteiger partial charge in [-0.2, -0.15) is 0 Å². The Kier molecular flexibility index (Phi) is 6.09. The Morgan fingerprint density at radius 2 is 1.78 bits per heavy atom. The zero-order valence-corrected chi connectivity index (χ0v) is 13.0. The number of aliphatic hydroxyl groups excluding tert-OH is 1. The molecule has 7 nitrogen and oxygen atoms in total. The van der Waals surface area contributed by atoms with Gasteiger partial charge in [0.25, 0.3) is 0 Å². The number of hydrogen-bond donors (Lipinski definition) is 1. The van der Waals surface area contributed by atoms with Gasteiger partial charge in [-0.15, -0.1) is 0 Å². The molecule has 1 saturated heterocycles. The molecular weight excluding hydrogens is 304 g/mol. The Morgan fingerprint density at radius 3 is 2.39 bits per heavy atom. The second kappa shape index (κ2) is 8.05. The molecular formula is C16H20O7. The third-order valence-corrected chi connectivity index (χ3v) is 3.31. The molecule has 1 heterocycles. The molecule has 1 unspecified atom stereocenters. The molecule has 1 aliphatic heterocycles. The summed E-state index contributed by atoms with van der Waals surface area (Å²) in [7, 11) is 0. The molecule has 1 fully saturated rings. The first-order valence-electron chi connectivity index (χ1n) is 7.27. The Labute approximate surface area is 134 Å². The van der Waals surface area contributed by atoms with Gasteiger partial charge in [0, 0.05) is 13.8 Å². The standard InChI is InChI=1S/C16H20O7/c1-10(17)22-13-9-21-16(19)15(23-11(2)18)14(13)20-8-12-6-4-3-5-7-12/h3-7,13-16,19H,8-9H2,1-2H3/t13-,14+,15-,16?/m1/s1. The lowest BCUT2D eigenvalue weighted by atomic mass is 10.0. The van der Waals surface area contributed by atoms with E-state index in [0.717, 1.165) is 5.56 Å². The van der Waals surface area contributed by atoms with E-state index >= 15 is 0 Å². The minimum atomic E-state index is -1.34. The monoisotopic (exact) mass is 324 g/mol. The van der Waals surface area contributed by atoms with Gasteiger partial charge in [0.1, 0.15) is 6.10 Å². The second-order valence-corrected chi connectivity index (χ2v) is 5.21. The van der Waals surface area contributed by atoms with Gasteiger partial charge in [-0.1, -0.05) is 30.3 Å². The fraction of sp³-hybridized carbons (Fsp3) is 0.500. The Bertz CT molecular complexity index is 530. The lowest BCUT2D eigenvalue weighted by Gasteiger charge is -2.38. The van der Waals surface area contributed by atoms with Crippen LogP contribution in [-0.2, 0) is 35.1 Å². The summed E-state index contributed by atoms with van der Waals surface area (Å²) in [5, 5.41) is 9.92. The fourth-order valence-corrected chi connectivity index (χ4v) is 2.36. The number of rotatable bonds is 5. The van der Waals surface area contributed by atoms with Crippen LogP contribution in [0.1, 0.15) is 19.4 Å². The van der Waals surface area contributed by atoms with Gasteiger partial charge in [-0.3, -0.25) is 9.59 Å². The van der Waals surface area contributed by atoms with Crippen LogP contribution < -0.4 is 0 Å². The van der Waals surface area contributed by atoms with E-state index in [4.69, 9.17) is 18.9 Å². The molecule has 7 heteroatoms. The topological polar surface area (TPSA) is 91.3 Å². The van der Waals surface area contributed by atoms with Gasteiger partial charge in [0.05, 0.1) is 13.2 Å². The predicted octanol–water partition coefficient (Wildman–Crippen LogP) is 0.784. The van der Waals surface area contributed by atoms with Crippen LogP contribution in [0.15, 0.2) is 30.3 Å². The SMILES string of the molecule is CC(=O)O[C@@H]1COC(O)[C@H](OC(C)=O)[C@H]1OCc1ccccc1. The van der Waals surface area contributed by atoms with Crippen molar-refractivity contribution in [1.82, 2.24) is 0 Å². The van der Waals surface area contributed by atoms with Crippen molar-refractivity contribution < 1.29 is 33.6 Å². The van der Waals surface area contributed by atoms with Crippen LogP contribution in [0.5, 0.6) is 0 Å².